The van der Waals surface area contributed by atoms with Gasteiger partial charge in [0.15, 0.2) is 0 Å². The molecule has 15 heavy (non-hydrogen) atoms. The third-order valence-electron chi connectivity index (χ3n) is 2.83. The van der Waals surface area contributed by atoms with Crippen molar-refractivity contribution < 1.29 is 4.79 Å². The summed E-state index contributed by atoms with van der Waals surface area (Å²) >= 11 is 1.78. The molecule has 1 aromatic heterocycles. The normalized spacial score (nSPS) is 22.3. The predicted octanol–water partition coefficient (Wildman–Crippen LogP) is 2.52. The summed E-state index contributed by atoms with van der Waals surface area (Å²) in [6, 6.07) is 0. The molecule has 0 aromatic carbocycles. The summed E-state index contributed by atoms with van der Waals surface area (Å²) in [5.41, 5.74) is 1.17. The molecule has 1 heterocycles. The molecule has 1 aliphatic carbocycles. The van der Waals surface area contributed by atoms with Gasteiger partial charge in [0, 0.05) is 24.1 Å². The molecule has 0 N–H and O–H groups in total. The second-order valence-electron chi connectivity index (χ2n) is 5.31. The molecule has 1 unspecified atom stereocenters. The quantitative estimate of drug-likeness (QED) is 0.742. The second kappa shape index (κ2) is 3.83. The van der Waals surface area contributed by atoms with E-state index < -0.39 is 8.07 Å². The first kappa shape index (κ1) is 11.0. The van der Waals surface area contributed by atoms with Gasteiger partial charge in [-0.25, -0.2) is 0 Å². The highest BCUT2D eigenvalue weighted by molar-refractivity contribution is 7.24. The lowest BCUT2D eigenvalue weighted by molar-refractivity contribution is -0.117. The van der Waals surface area contributed by atoms with Crippen LogP contribution in [0.1, 0.15) is 30.9 Å². The van der Waals surface area contributed by atoms with Gasteiger partial charge < -0.3 is 0 Å². The standard InChI is InChI=1S/C11H17NOSSi/c1-15(2,3)11-12-10(7-14-11)8-4-5-9(13)6-8/h7-8H,4-6H2,1-3H3. The zero-order valence-electron chi connectivity index (χ0n) is 9.54. The fourth-order valence-corrected chi connectivity index (χ4v) is 4.58. The van der Waals surface area contributed by atoms with Gasteiger partial charge in [-0.2, -0.15) is 0 Å². The summed E-state index contributed by atoms with van der Waals surface area (Å²) in [6.07, 6.45) is 2.48. The molecule has 4 heteroatoms. The van der Waals surface area contributed by atoms with Crippen LogP contribution in [-0.4, -0.2) is 18.8 Å². The minimum atomic E-state index is -1.26. The van der Waals surface area contributed by atoms with Crippen LogP contribution in [0.4, 0.5) is 0 Å². The van der Waals surface area contributed by atoms with E-state index in [1.165, 1.54) is 10.3 Å². The Morgan fingerprint density at radius 3 is 2.67 bits per heavy atom. The number of Topliss-reactive ketones (excluding diaryl/α,β-unsaturated/α-hetero) is 1. The summed E-state index contributed by atoms with van der Waals surface area (Å²) in [6.45, 7) is 6.94. The third-order valence-corrected chi connectivity index (χ3v) is 7.09. The van der Waals surface area contributed by atoms with Crippen molar-refractivity contribution in [2.75, 3.05) is 0 Å². The molecule has 0 bridgehead atoms. The van der Waals surface area contributed by atoms with Gasteiger partial charge in [0.2, 0.25) is 0 Å². The number of nitrogens with zero attached hydrogens (tertiary/aromatic N) is 1. The number of rotatable bonds is 2. The maximum Gasteiger partial charge on any atom is 0.133 e. The fourth-order valence-electron chi connectivity index (χ4n) is 1.88. The van der Waals surface area contributed by atoms with Gasteiger partial charge in [0.05, 0.1) is 10.3 Å². The van der Waals surface area contributed by atoms with Crippen molar-refractivity contribution in [1.29, 1.82) is 0 Å². The van der Waals surface area contributed by atoms with Gasteiger partial charge in [0.1, 0.15) is 13.9 Å². The molecule has 82 valence electrons. The first-order chi connectivity index (χ1) is 6.97. The minimum absolute atomic E-state index is 0.405. The monoisotopic (exact) mass is 239 g/mol. The van der Waals surface area contributed by atoms with Crippen LogP contribution in [0, 0.1) is 0 Å². The molecular weight excluding hydrogens is 222 g/mol. The second-order valence-corrected chi connectivity index (χ2v) is 11.5. The number of aromatic nitrogens is 1. The largest absolute Gasteiger partial charge is 0.300 e. The lowest BCUT2D eigenvalue weighted by atomic mass is 10.1. The molecule has 0 amide bonds. The van der Waals surface area contributed by atoms with E-state index in [0.29, 0.717) is 11.7 Å². The maximum absolute atomic E-state index is 11.2. The van der Waals surface area contributed by atoms with Crippen molar-refractivity contribution in [3.05, 3.63) is 11.1 Å². The summed E-state index contributed by atoms with van der Waals surface area (Å²) in [5.74, 6) is 0.821. The van der Waals surface area contributed by atoms with E-state index in [9.17, 15) is 4.79 Å². The Labute approximate surface area is 95.7 Å². The highest BCUT2D eigenvalue weighted by Crippen LogP contribution is 2.31. The molecule has 1 atom stereocenters. The molecule has 1 aliphatic rings. The average molecular weight is 239 g/mol. The Morgan fingerprint density at radius 1 is 1.47 bits per heavy atom. The highest BCUT2D eigenvalue weighted by atomic mass is 32.1. The lowest BCUT2D eigenvalue weighted by Gasteiger charge is -2.11. The van der Waals surface area contributed by atoms with Gasteiger partial charge >= 0.3 is 0 Å². The first-order valence-corrected chi connectivity index (χ1v) is 9.82. The van der Waals surface area contributed by atoms with E-state index in [-0.39, 0.29) is 0 Å². The molecule has 0 radical (unpaired) electrons. The summed E-state index contributed by atoms with van der Waals surface area (Å²) in [5, 5.41) is 2.16. The molecular formula is C11H17NOSSi. The summed E-state index contributed by atoms with van der Waals surface area (Å²) in [7, 11) is -1.26. The Kier molecular flexibility index (Phi) is 2.81. The number of thiazole rings is 1. The van der Waals surface area contributed by atoms with E-state index in [4.69, 9.17) is 4.98 Å². The number of hydrogen-bond donors (Lipinski definition) is 0. The molecule has 2 rings (SSSR count). The number of hydrogen-bond acceptors (Lipinski definition) is 3. The van der Waals surface area contributed by atoms with Gasteiger partial charge in [0.25, 0.3) is 0 Å². The Morgan fingerprint density at radius 2 is 2.20 bits per heavy atom. The van der Waals surface area contributed by atoms with Gasteiger partial charge in [-0.15, -0.1) is 11.3 Å². The van der Waals surface area contributed by atoms with Gasteiger partial charge in [-0.05, 0) is 6.42 Å². The molecule has 0 saturated heterocycles. The van der Waals surface area contributed by atoms with Crippen molar-refractivity contribution >= 4 is 29.8 Å². The van der Waals surface area contributed by atoms with Crippen LogP contribution in [-0.2, 0) is 4.79 Å². The molecule has 1 saturated carbocycles. The van der Waals surface area contributed by atoms with Crippen LogP contribution >= 0.6 is 11.3 Å². The van der Waals surface area contributed by atoms with Crippen LogP contribution in [0.25, 0.3) is 0 Å². The highest BCUT2D eigenvalue weighted by Gasteiger charge is 2.27. The fraction of sp³-hybridized carbons (Fsp3) is 0.636. The van der Waals surface area contributed by atoms with Gasteiger partial charge in [-0.3, -0.25) is 9.78 Å². The number of carbonyl (C=O) groups excluding carboxylic acids is 1. The molecule has 2 nitrogen and oxygen atoms in total. The van der Waals surface area contributed by atoms with Crippen molar-refractivity contribution in [2.24, 2.45) is 0 Å². The predicted molar refractivity (Wildman–Crippen MR) is 66.7 cm³/mol. The van der Waals surface area contributed by atoms with E-state index in [0.717, 1.165) is 19.3 Å². The van der Waals surface area contributed by atoms with Crippen molar-refractivity contribution in [3.63, 3.8) is 0 Å². The van der Waals surface area contributed by atoms with Gasteiger partial charge in [-0.1, -0.05) is 19.6 Å². The maximum atomic E-state index is 11.2. The van der Waals surface area contributed by atoms with Crippen molar-refractivity contribution in [2.45, 2.75) is 44.8 Å². The van der Waals surface area contributed by atoms with E-state index in [1.54, 1.807) is 11.3 Å². The van der Waals surface area contributed by atoms with Crippen LogP contribution in [0.3, 0.4) is 0 Å². The van der Waals surface area contributed by atoms with Crippen molar-refractivity contribution in [3.8, 4) is 0 Å². The Balaban J connectivity index is 2.17. The van der Waals surface area contributed by atoms with E-state index in [2.05, 4.69) is 25.0 Å². The SMILES string of the molecule is C[Si](C)(C)c1nc(C2CCC(=O)C2)cs1. The van der Waals surface area contributed by atoms with E-state index >= 15 is 0 Å². The van der Waals surface area contributed by atoms with Crippen LogP contribution in [0.15, 0.2) is 5.38 Å². The zero-order valence-corrected chi connectivity index (χ0v) is 11.4. The summed E-state index contributed by atoms with van der Waals surface area (Å²) < 4.78 is 1.32. The Hall–Kier alpha value is -0.483. The number of ketones is 1. The van der Waals surface area contributed by atoms with E-state index in [1.807, 2.05) is 0 Å². The topological polar surface area (TPSA) is 30.0 Å². The molecule has 1 fully saturated rings. The molecule has 1 aromatic rings. The third kappa shape index (κ3) is 2.37. The zero-order chi connectivity index (χ0) is 11.1. The van der Waals surface area contributed by atoms with Crippen LogP contribution < -0.4 is 4.63 Å². The smallest absolute Gasteiger partial charge is 0.133 e. The molecule has 0 aliphatic heterocycles. The summed E-state index contributed by atoms with van der Waals surface area (Å²) in [4.78, 5) is 15.9. The Bertz CT molecular complexity index is 380. The van der Waals surface area contributed by atoms with Crippen LogP contribution in [0.2, 0.25) is 19.6 Å². The first-order valence-electron chi connectivity index (χ1n) is 5.44. The lowest BCUT2D eigenvalue weighted by Crippen LogP contribution is -2.37. The minimum Gasteiger partial charge on any atom is -0.300 e. The van der Waals surface area contributed by atoms with Crippen molar-refractivity contribution in [1.82, 2.24) is 4.98 Å². The molecule has 0 spiro atoms. The number of carbonyl (C=O) groups is 1. The average Bonchev–Trinajstić information content (AvgIpc) is 2.69. The van der Waals surface area contributed by atoms with Crippen LogP contribution in [0.5, 0.6) is 0 Å².